The molecule has 30 heavy (non-hydrogen) atoms. The molecule has 0 amide bonds. The summed E-state index contributed by atoms with van der Waals surface area (Å²) in [5.41, 5.74) is 8.93. The highest BCUT2D eigenvalue weighted by atomic mass is 127. The van der Waals surface area contributed by atoms with Crippen LogP contribution in [0, 0.1) is 0 Å². The SMILES string of the molecule is CCc1noc(-c2ccc(CCN=C(N)Nc3ccc(OC(C)C)cc3)cc2)n1.I. The summed E-state index contributed by atoms with van der Waals surface area (Å²) >= 11 is 0. The van der Waals surface area contributed by atoms with Crippen LogP contribution in [-0.4, -0.2) is 28.7 Å². The van der Waals surface area contributed by atoms with Gasteiger partial charge in [-0.15, -0.1) is 24.0 Å². The summed E-state index contributed by atoms with van der Waals surface area (Å²) in [5.74, 6) is 2.47. The second-order valence-electron chi connectivity index (χ2n) is 6.90. The van der Waals surface area contributed by atoms with Crippen molar-refractivity contribution in [1.29, 1.82) is 0 Å². The van der Waals surface area contributed by atoms with E-state index in [1.165, 1.54) is 0 Å². The average molecular weight is 521 g/mol. The lowest BCUT2D eigenvalue weighted by molar-refractivity contribution is 0.242. The van der Waals surface area contributed by atoms with E-state index in [2.05, 4.69) is 20.4 Å². The highest BCUT2D eigenvalue weighted by molar-refractivity contribution is 14.0. The molecule has 1 heterocycles. The van der Waals surface area contributed by atoms with Gasteiger partial charge in [0.2, 0.25) is 0 Å². The zero-order chi connectivity index (χ0) is 20.6. The number of benzene rings is 2. The number of halogens is 1. The van der Waals surface area contributed by atoms with Gasteiger partial charge in [0.25, 0.3) is 5.89 Å². The van der Waals surface area contributed by atoms with Crippen molar-refractivity contribution in [3.63, 3.8) is 0 Å². The summed E-state index contributed by atoms with van der Waals surface area (Å²) in [6.45, 7) is 6.58. The first-order valence-electron chi connectivity index (χ1n) is 9.79. The van der Waals surface area contributed by atoms with Gasteiger partial charge in [-0.25, -0.2) is 0 Å². The van der Waals surface area contributed by atoms with Gasteiger partial charge in [0, 0.05) is 24.2 Å². The first kappa shape index (κ1) is 23.7. The summed E-state index contributed by atoms with van der Waals surface area (Å²) in [6.07, 6.45) is 1.69. The number of rotatable bonds is 8. The number of aryl methyl sites for hydroxylation is 1. The lowest BCUT2D eigenvalue weighted by Gasteiger charge is -2.11. The lowest BCUT2D eigenvalue weighted by atomic mass is 10.1. The van der Waals surface area contributed by atoms with Crippen molar-refractivity contribution in [2.45, 2.75) is 39.7 Å². The van der Waals surface area contributed by atoms with Gasteiger partial charge in [-0.05, 0) is 62.2 Å². The van der Waals surface area contributed by atoms with Gasteiger partial charge in [-0.2, -0.15) is 4.98 Å². The molecule has 0 saturated carbocycles. The second-order valence-corrected chi connectivity index (χ2v) is 6.90. The monoisotopic (exact) mass is 521 g/mol. The Morgan fingerprint density at radius 3 is 2.43 bits per heavy atom. The van der Waals surface area contributed by atoms with E-state index in [-0.39, 0.29) is 30.1 Å². The van der Waals surface area contributed by atoms with Crippen molar-refractivity contribution >= 4 is 35.6 Å². The minimum absolute atomic E-state index is 0. The topological polar surface area (TPSA) is 98.6 Å². The largest absolute Gasteiger partial charge is 0.491 e. The van der Waals surface area contributed by atoms with Gasteiger partial charge in [0.1, 0.15) is 5.75 Å². The molecule has 0 aliphatic rings. The molecule has 0 radical (unpaired) electrons. The summed E-state index contributed by atoms with van der Waals surface area (Å²) < 4.78 is 10.9. The van der Waals surface area contributed by atoms with Gasteiger partial charge >= 0.3 is 0 Å². The van der Waals surface area contributed by atoms with Crippen LogP contribution in [-0.2, 0) is 12.8 Å². The number of guanidine groups is 1. The maximum absolute atomic E-state index is 5.98. The van der Waals surface area contributed by atoms with Crippen molar-refractivity contribution in [2.75, 3.05) is 11.9 Å². The highest BCUT2D eigenvalue weighted by Gasteiger charge is 2.07. The van der Waals surface area contributed by atoms with Crippen LogP contribution >= 0.6 is 24.0 Å². The molecule has 0 bridgehead atoms. The predicted molar refractivity (Wildman–Crippen MR) is 131 cm³/mol. The summed E-state index contributed by atoms with van der Waals surface area (Å²) in [6, 6.07) is 15.7. The Morgan fingerprint density at radius 2 is 1.83 bits per heavy atom. The van der Waals surface area contributed by atoms with E-state index in [4.69, 9.17) is 15.0 Å². The van der Waals surface area contributed by atoms with E-state index in [9.17, 15) is 0 Å². The Morgan fingerprint density at radius 1 is 1.13 bits per heavy atom. The van der Waals surface area contributed by atoms with Gasteiger partial charge in [0.05, 0.1) is 6.10 Å². The molecule has 3 aromatic rings. The van der Waals surface area contributed by atoms with Crippen molar-refractivity contribution in [2.24, 2.45) is 10.7 Å². The maximum Gasteiger partial charge on any atom is 0.257 e. The number of hydrogen-bond acceptors (Lipinski definition) is 5. The standard InChI is InChI=1S/C22H27N5O2.HI/c1-4-20-26-21(29-27-20)17-7-5-16(6-8-17)13-14-24-22(23)25-18-9-11-19(12-10-18)28-15(2)3;/h5-12,15H,4,13-14H2,1-3H3,(H3,23,24,25);1H. The van der Waals surface area contributed by atoms with E-state index < -0.39 is 0 Å². The Balaban J connectivity index is 0.00000320. The van der Waals surface area contributed by atoms with Gasteiger partial charge in [-0.3, -0.25) is 4.99 Å². The van der Waals surface area contributed by atoms with Crippen LogP contribution in [0.3, 0.4) is 0 Å². The minimum atomic E-state index is 0. The van der Waals surface area contributed by atoms with E-state index in [0.29, 0.717) is 24.2 Å². The third-order valence-electron chi connectivity index (χ3n) is 4.17. The third-order valence-corrected chi connectivity index (χ3v) is 4.17. The maximum atomic E-state index is 5.98. The zero-order valence-corrected chi connectivity index (χ0v) is 19.8. The van der Waals surface area contributed by atoms with Crippen LogP contribution in [0.15, 0.2) is 58.0 Å². The molecule has 2 aromatic carbocycles. The molecular weight excluding hydrogens is 493 g/mol. The number of aliphatic imine (C=N–C) groups is 1. The van der Waals surface area contributed by atoms with Crippen LogP contribution in [0.2, 0.25) is 0 Å². The number of ether oxygens (including phenoxy) is 1. The van der Waals surface area contributed by atoms with Crippen molar-refractivity contribution < 1.29 is 9.26 Å². The number of aromatic nitrogens is 2. The van der Waals surface area contributed by atoms with E-state index in [1.54, 1.807) is 0 Å². The normalized spacial score (nSPS) is 11.3. The van der Waals surface area contributed by atoms with Gasteiger partial charge in [0.15, 0.2) is 11.8 Å². The molecule has 160 valence electrons. The molecule has 0 spiro atoms. The highest BCUT2D eigenvalue weighted by Crippen LogP contribution is 2.18. The summed E-state index contributed by atoms with van der Waals surface area (Å²) in [5, 5.41) is 7.01. The first-order chi connectivity index (χ1) is 14.0. The summed E-state index contributed by atoms with van der Waals surface area (Å²) in [4.78, 5) is 8.73. The van der Waals surface area contributed by atoms with Gasteiger partial charge in [-0.1, -0.05) is 24.2 Å². The fourth-order valence-electron chi connectivity index (χ4n) is 2.71. The molecule has 7 nitrogen and oxygen atoms in total. The lowest BCUT2D eigenvalue weighted by Crippen LogP contribution is -2.23. The number of hydrogen-bond donors (Lipinski definition) is 2. The Labute approximate surface area is 194 Å². The van der Waals surface area contributed by atoms with Crippen molar-refractivity contribution in [3.8, 4) is 17.2 Å². The van der Waals surface area contributed by atoms with E-state index >= 15 is 0 Å². The quantitative estimate of drug-likeness (QED) is 0.254. The predicted octanol–water partition coefficient (Wildman–Crippen LogP) is 4.67. The Bertz CT molecular complexity index is 937. The fourth-order valence-corrected chi connectivity index (χ4v) is 2.71. The van der Waals surface area contributed by atoms with E-state index in [0.717, 1.165) is 35.4 Å². The first-order valence-corrected chi connectivity index (χ1v) is 9.79. The van der Waals surface area contributed by atoms with Crippen LogP contribution in [0.25, 0.3) is 11.5 Å². The smallest absolute Gasteiger partial charge is 0.257 e. The van der Waals surface area contributed by atoms with Crippen molar-refractivity contribution in [3.05, 3.63) is 59.9 Å². The molecule has 0 aliphatic heterocycles. The third kappa shape index (κ3) is 7.01. The van der Waals surface area contributed by atoms with Crippen LogP contribution in [0.4, 0.5) is 5.69 Å². The number of nitrogens with one attached hydrogen (secondary N) is 1. The Hall–Kier alpha value is -2.62. The van der Waals surface area contributed by atoms with Gasteiger partial charge < -0.3 is 20.3 Å². The molecule has 0 fully saturated rings. The molecule has 0 saturated heterocycles. The molecule has 3 rings (SSSR count). The van der Waals surface area contributed by atoms with Crippen LogP contribution < -0.4 is 15.8 Å². The number of nitrogens with zero attached hydrogens (tertiary/aromatic N) is 3. The molecule has 1 aromatic heterocycles. The molecule has 3 N–H and O–H groups in total. The molecule has 0 atom stereocenters. The number of anilines is 1. The Kier molecular flexibility index (Phi) is 9.10. The number of nitrogens with two attached hydrogens (primary N) is 1. The van der Waals surface area contributed by atoms with Crippen molar-refractivity contribution in [1.82, 2.24) is 10.1 Å². The van der Waals surface area contributed by atoms with Crippen LogP contribution in [0.5, 0.6) is 5.75 Å². The molecule has 0 unspecified atom stereocenters. The second kappa shape index (κ2) is 11.5. The average Bonchev–Trinajstić information content (AvgIpc) is 3.19. The molecular formula is C22H28IN5O2. The zero-order valence-electron chi connectivity index (χ0n) is 17.5. The molecule has 0 aliphatic carbocycles. The minimum Gasteiger partial charge on any atom is -0.491 e. The van der Waals surface area contributed by atoms with Crippen LogP contribution in [0.1, 0.15) is 32.2 Å². The fraction of sp³-hybridized carbons (Fsp3) is 0.318. The van der Waals surface area contributed by atoms with E-state index in [1.807, 2.05) is 69.3 Å². The summed E-state index contributed by atoms with van der Waals surface area (Å²) in [7, 11) is 0. The molecule has 8 heteroatoms.